The van der Waals surface area contributed by atoms with E-state index in [1.807, 2.05) is 13.2 Å². The highest BCUT2D eigenvalue weighted by atomic mass is 15.3. The van der Waals surface area contributed by atoms with Gasteiger partial charge in [0.25, 0.3) is 0 Å². The fourth-order valence-corrected chi connectivity index (χ4v) is 2.39. The molecule has 2 heterocycles. The van der Waals surface area contributed by atoms with Crippen molar-refractivity contribution in [2.75, 3.05) is 39.0 Å². The van der Waals surface area contributed by atoms with Crippen LogP contribution < -0.4 is 5.32 Å². The lowest BCUT2D eigenvalue weighted by Crippen LogP contribution is -2.50. The Morgan fingerprint density at radius 2 is 2.17 bits per heavy atom. The largest absolute Gasteiger partial charge is 0.372 e. The lowest BCUT2D eigenvalue weighted by molar-refractivity contribution is 0.0874. The van der Waals surface area contributed by atoms with Crippen molar-refractivity contribution in [2.24, 2.45) is 0 Å². The molecule has 18 heavy (non-hydrogen) atoms. The van der Waals surface area contributed by atoms with Crippen molar-refractivity contribution in [3.8, 4) is 0 Å². The van der Waals surface area contributed by atoms with Gasteiger partial charge in [-0.3, -0.25) is 9.88 Å². The van der Waals surface area contributed by atoms with Crippen LogP contribution in [-0.4, -0.2) is 59.5 Å². The molecule has 0 aliphatic carbocycles. The van der Waals surface area contributed by atoms with E-state index >= 15 is 0 Å². The van der Waals surface area contributed by atoms with Crippen molar-refractivity contribution in [3.05, 3.63) is 18.1 Å². The molecule has 1 fully saturated rings. The highest BCUT2D eigenvalue weighted by Gasteiger charge is 2.22. The minimum Gasteiger partial charge on any atom is -0.372 e. The molecule has 100 valence electrons. The summed E-state index contributed by atoms with van der Waals surface area (Å²) in [6, 6.07) is 0.670. The number of aromatic nitrogens is 2. The van der Waals surface area contributed by atoms with Gasteiger partial charge in [0.05, 0.1) is 18.1 Å². The van der Waals surface area contributed by atoms with Crippen LogP contribution in [0, 0.1) is 0 Å². The van der Waals surface area contributed by atoms with E-state index in [0.29, 0.717) is 6.04 Å². The summed E-state index contributed by atoms with van der Waals surface area (Å²) in [5.41, 5.74) is 1.05. The van der Waals surface area contributed by atoms with Crippen molar-refractivity contribution in [1.29, 1.82) is 0 Å². The second-order valence-corrected chi connectivity index (χ2v) is 4.92. The van der Waals surface area contributed by atoms with Crippen LogP contribution in [-0.2, 0) is 6.54 Å². The molecule has 0 bridgehead atoms. The van der Waals surface area contributed by atoms with E-state index in [1.54, 1.807) is 6.20 Å². The molecule has 0 saturated carbocycles. The third kappa shape index (κ3) is 3.17. The quantitative estimate of drug-likeness (QED) is 0.864. The smallest absolute Gasteiger partial charge is 0.144 e. The molecule has 1 atom stereocenters. The summed E-state index contributed by atoms with van der Waals surface area (Å²) >= 11 is 0. The molecule has 2 rings (SSSR count). The van der Waals surface area contributed by atoms with E-state index < -0.39 is 0 Å². The first-order chi connectivity index (χ1) is 8.72. The predicted octanol–water partition coefficient (Wildman–Crippen LogP) is 1.04. The van der Waals surface area contributed by atoms with E-state index in [4.69, 9.17) is 0 Å². The van der Waals surface area contributed by atoms with Gasteiger partial charge < -0.3 is 10.2 Å². The summed E-state index contributed by atoms with van der Waals surface area (Å²) in [6.45, 7) is 6.54. The van der Waals surface area contributed by atoms with Gasteiger partial charge >= 0.3 is 0 Å². The van der Waals surface area contributed by atoms with Crippen LogP contribution in [0.2, 0.25) is 0 Å². The Balaban J connectivity index is 1.92. The standard InChI is InChI=1S/C13H23N5/c1-4-12-10-18(6-5-17(12)3)9-11-7-16-13(14-2)8-15-11/h7-8,12H,4-6,9-10H2,1-3H3,(H,14,16). The number of likely N-dealkylation sites (N-methyl/N-ethyl adjacent to an activating group) is 1. The number of anilines is 1. The molecule has 0 radical (unpaired) electrons. The number of hydrogen-bond acceptors (Lipinski definition) is 5. The highest BCUT2D eigenvalue weighted by Crippen LogP contribution is 2.13. The zero-order chi connectivity index (χ0) is 13.0. The second kappa shape index (κ2) is 6.11. The maximum absolute atomic E-state index is 4.43. The van der Waals surface area contributed by atoms with E-state index in [0.717, 1.165) is 37.7 Å². The topological polar surface area (TPSA) is 44.3 Å². The molecule has 1 unspecified atom stereocenters. The van der Waals surface area contributed by atoms with Crippen LogP contribution in [0.5, 0.6) is 0 Å². The first kappa shape index (κ1) is 13.2. The normalized spacial score (nSPS) is 22.1. The van der Waals surface area contributed by atoms with Gasteiger partial charge in [0.2, 0.25) is 0 Å². The molecular formula is C13H23N5. The van der Waals surface area contributed by atoms with Crippen LogP contribution in [0.15, 0.2) is 12.4 Å². The zero-order valence-electron chi connectivity index (χ0n) is 11.6. The molecule has 1 aliphatic heterocycles. The van der Waals surface area contributed by atoms with Crippen LogP contribution in [0.3, 0.4) is 0 Å². The second-order valence-electron chi connectivity index (χ2n) is 4.92. The average molecular weight is 249 g/mol. The minimum atomic E-state index is 0.670. The van der Waals surface area contributed by atoms with Crippen LogP contribution in [0.1, 0.15) is 19.0 Å². The first-order valence-corrected chi connectivity index (χ1v) is 6.64. The molecule has 5 nitrogen and oxygen atoms in total. The van der Waals surface area contributed by atoms with Crippen molar-refractivity contribution < 1.29 is 0 Å². The number of rotatable bonds is 4. The number of nitrogens with zero attached hydrogens (tertiary/aromatic N) is 4. The van der Waals surface area contributed by atoms with Gasteiger partial charge in [0.1, 0.15) is 5.82 Å². The van der Waals surface area contributed by atoms with Gasteiger partial charge in [-0.05, 0) is 13.5 Å². The molecule has 5 heteroatoms. The van der Waals surface area contributed by atoms with Gasteiger partial charge in [0.15, 0.2) is 0 Å². The third-order valence-electron chi connectivity index (χ3n) is 3.68. The van der Waals surface area contributed by atoms with Crippen molar-refractivity contribution >= 4 is 5.82 Å². The van der Waals surface area contributed by atoms with E-state index in [1.165, 1.54) is 6.42 Å². The Morgan fingerprint density at radius 3 is 2.78 bits per heavy atom. The molecule has 0 amide bonds. The lowest BCUT2D eigenvalue weighted by atomic mass is 10.1. The number of hydrogen-bond donors (Lipinski definition) is 1. The fourth-order valence-electron chi connectivity index (χ4n) is 2.39. The molecule has 1 aromatic heterocycles. The minimum absolute atomic E-state index is 0.670. The molecule has 1 aromatic rings. The summed E-state index contributed by atoms with van der Waals surface area (Å²) in [5, 5.41) is 2.99. The monoisotopic (exact) mass is 249 g/mol. The highest BCUT2D eigenvalue weighted by molar-refractivity contribution is 5.29. The summed E-state index contributed by atoms with van der Waals surface area (Å²) in [5.74, 6) is 0.823. The third-order valence-corrected chi connectivity index (χ3v) is 3.68. The van der Waals surface area contributed by atoms with Crippen molar-refractivity contribution in [1.82, 2.24) is 19.8 Å². The lowest BCUT2D eigenvalue weighted by Gasteiger charge is -2.38. The predicted molar refractivity (Wildman–Crippen MR) is 73.6 cm³/mol. The maximum Gasteiger partial charge on any atom is 0.144 e. The number of nitrogens with one attached hydrogen (secondary N) is 1. The van der Waals surface area contributed by atoms with E-state index in [9.17, 15) is 0 Å². The molecular weight excluding hydrogens is 226 g/mol. The van der Waals surface area contributed by atoms with Gasteiger partial charge in [-0.25, -0.2) is 4.98 Å². The van der Waals surface area contributed by atoms with Crippen LogP contribution in [0.4, 0.5) is 5.82 Å². The van der Waals surface area contributed by atoms with Gasteiger partial charge in [-0.1, -0.05) is 6.92 Å². The number of piperazine rings is 1. The van der Waals surface area contributed by atoms with E-state index in [2.05, 4.69) is 39.1 Å². The Morgan fingerprint density at radius 1 is 1.33 bits per heavy atom. The maximum atomic E-state index is 4.43. The van der Waals surface area contributed by atoms with Crippen LogP contribution >= 0.6 is 0 Å². The van der Waals surface area contributed by atoms with Crippen molar-refractivity contribution in [2.45, 2.75) is 25.9 Å². The van der Waals surface area contributed by atoms with Crippen LogP contribution in [0.25, 0.3) is 0 Å². The first-order valence-electron chi connectivity index (χ1n) is 6.64. The SMILES string of the molecule is CCC1CN(Cc2cnc(NC)cn2)CCN1C. The molecule has 0 aromatic carbocycles. The summed E-state index contributed by atoms with van der Waals surface area (Å²) in [4.78, 5) is 13.7. The Hall–Kier alpha value is -1.20. The summed E-state index contributed by atoms with van der Waals surface area (Å²) in [7, 11) is 4.07. The fraction of sp³-hybridized carbons (Fsp3) is 0.692. The Kier molecular flexibility index (Phi) is 4.49. The summed E-state index contributed by atoms with van der Waals surface area (Å²) in [6.07, 6.45) is 4.87. The van der Waals surface area contributed by atoms with Crippen molar-refractivity contribution in [3.63, 3.8) is 0 Å². The van der Waals surface area contributed by atoms with E-state index in [-0.39, 0.29) is 0 Å². The molecule has 0 spiro atoms. The molecule has 1 N–H and O–H groups in total. The molecule has 1 aliphatic rings. The van der Waals surface area contributed by atoms with Gasteiger partial charge in [0, 0.05) is 39.3 Å². The Bertz CT molecular complexity index is 364. The average Bonchev–Trinajstić information content (AvgIpc) is 2.42. The summed E-state index contributed by atoms with van der Waals surface area (Å²) < 4.78 is 0. The van der Waals surface area contributed by atoms with Gasteiger partial charge in [-0.2, -0.15) is 0 Å². The molecule has 1 saturated heterocycles. The van der Waals surface area contributed by atoms with Gasteiger partial charge in [-0.15, -0.1) is 0 Å². The Labute approximate surface area is 109 Å². The zero-order valence-corrected chi connectivity index (χ0v) is 11.6.